The van der Waals surface area contributed by atoms with Crippen LogP contribution in [0.4, 0.5) is 19.1 Å². The first-order valence-electron chi connectivity index (χ1n) is 7.19. The van der Waals surface area contributed by atoms with Crippen molar-refractivity contribution in [3.63, 3.8) is 0 Å². The summed E-state index contributed by atoms with van der Waals surface area (Å²) in [6.45, 7) is 3.38. The second kappa shape index (κ2) is 5.79. The zero-order valence-electron chi connectivity index (χ0n) is 13.4. The van der Waals surface area contributed by atoms with Gasteiger partial charge >= 0.3 is 6.18 Å². The van der Waals surface area contributed by atoms with Gasteiger partial charge in [-0.25, -0.2) is 4.68 Å². The van der Waals surface area contributed by atoms with Gasteiger partial charge in [-0.1, -0.05) is 18.9 Å². The smallest absolute Gasteiger partial charge is 0.289 e. The number of halogens is 3. The van der Waals surface area contributed by atoms with Crippen LogP contribution in [0.1, 0.15) is 41.6 Å². The number of hydrogen-bond donors (Lipinski definition) is 1. The Kier molecular flexibility index (Phi) is 3.89. The van der Waals surface area contributed by atoms with E-state index in [1.54, 1.807) is 13.8 Å². The van der Waals surface area contributed by atoms with E-state index in [1.165, 1.54) is 11.7 Å². The summed E-state index contributed by atoms with van der Waals surface area (Å²) in [4.78, 5) is 12.4. The largest absolute Gasteiger partial charge is 0.431 e. The minimum atomic E-state index is -4.62. The Balaban J connectivity index is 2.14. The second-order valence-corrected chi connectivity index (χ2v) is 5.58. The molecule has 0 bridgehead atoms. The highest BCUT2D eigenvalue weighted by atomic mass is 19.4. The topological polar surface area (TPSA) is 103 Å². The number of fused-ring (bicyclic) bond motifs is 1. The van der Waals surface area contributed by atoms with Crippen LogP contribution in [0.15, 0.2) is 12.1 Å². The van der Waals surface area contributed by atoms with Crippen LogP contribution in [0.2, 0.25) is 0 Å². The van der Waals surface area contributed by atoms with Gasteiger partial charge in [0.05, 0.1) is 5.56 Å². The third kappa shape index (κ3) is 2.90. The monoisotopic (exact) mass is 354 g/mol. The van der Waals surface area contributed by atoms with Gasteiger partial charge in [-0.2, -0.15) is 13.2 Å². The van der Waals surface area contributed by atoms with Gasteiger partial charge in [0.1, 0.15) is 11.5 Å². The lowest BCUT2D eigenvalue weighted by atomic mass is 10.1. The Bertz CT molecular complexity index is 943. The summed E-state index contributed by atoms with van der Waals surface area (Å²) in [6, 6.07) is 1.88. The van der Waals surface area contributed by atoms with Crippen LogP contribution in [-0.2, 0) is 13.2 Å². The van der Waals surface area contributed by atoms with Crippen LogP contribution in [0.3, 0.4) is 0 Å². The van der Waals surface area contributed by atoms with Crippen molar-refractivity contribution in [3.8, 4) is 0 Å². The first-order valence-corrected chi connectivity index (χ1v) is 7.19. The number of amides is 1. The molecule has 0 aliphatic carbocycles. The van der Waals surface area contributed by atoms with Crippen LogP contribution >= 0.6 is 0 Å². The average Bonchev–Trinajstić information content (AvgIpc) is 3.12. The second-order valence-electron chi connectivity index (χ2n) is 5.58. The number of carbonyl (C=O) groups excluding carboxylic acids is 1. The number of tetrazole rings is 1. The summed E-state index contributed by atoms with van der Waals surface area (Å²) < 4.78 is 42.0. The Morgan fingerprint density at radius 1 is 1.20 bits per heavy atom. The summed E-state index contributed by atoms with van der Waals surface area (Å²) in [6.07, 6.45) is -4.62. The normalized spacial score (nSPS) is 12.1. The zero-order valence-corrected chi connectivity index (χ0v) is 13.4. The highest BCUT2D eigenvalue weighted by molar-refractivity contribution is 6.07. The molecular formula is C13H13F3N8O. The van der Waals surface area contributed by atoms with Crippen molar-refractivity contribution in [1.82, 2.24) is 34.8 Å². The van der Waals surface area contributed by atoms with Crippen molar-refractivity contribution in [1.29, 1.82) is 0 Å². The molecule has 132 valence electrons. The number of aryl methyl sites for hydroxylation is 1. The predicted octanol–water partition coefficient (Wildman–Crippen LogP) is 1.65. The molecule has 0 aliphatic rings. The van der Waals surface area contributed by atoms with Crippen molar-refractivity contribution < 1.29 is 18.0 Å². The number of alkyl halides is 3. The van der Waals surface area contributed by atoms with Gasteiger partial charge in [0, 0.05) is 13.0 Å². The van der Waals surface area contributed by atoms with E-state index in [4.69, 9.17) is 0 Å². The molecule has 0 unspecified atom stereocenters. The molecule has 0 atom stereocenters. The van der Waals surface area contributed by atoms with Crippen molar-refractivity contribution in [2.45, 2.75) is 25.9 Å². The molecule has 0 saturated heterocycles. The number of carbonyl (C=O) groups is 1. The molecule has 0 aliphatic heterocycles. The number of nitrogens with zero attached hydrogens (tertiary/aromatic N) is 7. The SMILES string of the molecule is CC(C)c1nnc2c(C(=O)Nc3nnnn3C)ccc(C(F)(F)F)n12. The number of rotatable bonds is 3. The fourth-order valence-corrected chi connectivity index (χ4v) is 2.30. The van der Waals surface area contributed by atoms with E-state index in [2.05, 4.69) is 31.0 Å². The minimum absolute atomic E-state index is 0.0478. The third-order valence-corrected chi connectivity index (χ3v) is 3.47. The molecule has 9 nitrogen and oxygen atoms in total. The molecule has 25 heavy (non-hydrogen) atoms. The van der Waals surface area contributed by atoms with Crippen LogP contribution < -0.4 is 5.32 Å². The Morgan fingerprint density at radius 2 is 1.92 bits per heavy atom. The lowest BCUT2D eigenvalue weighted by Gasteiger charge is -2.14. The van der Waals surface area contributed by atoms with E-state index < -0.39 is 17.8 Å². The van der Waals surface area contributed by atoms with Gasteiger partial charge in [-0.3, -0.25) is 14.5 Å². The van der Waals surface area contributed by atoms with Gasteiger partial charge in [-0.05, 0) is 22.6 Å². The fourth-order valence-electron chi connectivity index (χ4n) is 2.30. The first-order chi connectivity index (χ1) is 11.7. The van der Waals surface area contributed by atoms with Gasteiger partial charge in [0.25, 0.3) is 5.91 Å². The summed E-state index contributed by atoms with van der Waals surface area (Å²) >= 11 is 0. The van der Waals surface area contributed by atoms with E-state index in [1.807, 2.05) is 0 Å². The minimum Gasteiger partial charge on any atom is -0.289 e. The Labute approximate surface area is 138 Å². The van der Waals surface area contributed by atoms with Gasteiger partial charge < -0.3 is 0 Å². The van der Waals surface area contributed by atoms with E-state index in [0.717, 1.165) is 16.5 Å². The average molecular weight is 354 g/mol. The predicted molar refractivity (Wildman–Crippen MR) is 78.8 cm³/mol. The van der Waals surface area contributed by atoms with Crippen molar-refractivity contribution in [2.75, 3.05) is 5.32 Å². The molecule has 3 heterocycles. The van der Waals surface area contributed by atoms with E-state index in [-0.39, 0.29) is 28.9 Å². The maximum atomic E-state index is 13.3. The van der Waals surface area contributed by atoms with Gasteiger partial charge in [-0.15, -0.1) is 10.2 Å². The lowest BCUT2D eigenvalue weighted by molar-refractivity contribution is -0.142. The summed E-state index contributed by atoms with van der Waals surface area (Å²) in [5.74, 6) is -0.861. The lowest BCUT2D eigenvalue weighted by Crippen LogP contribution is -2.19. The van der Waals surface area contributed by atoms with Gasteiger partial charge in [0.2, 0.25) is 5.95 Å². The summed E-state index contributed by atoms with van der Waals surface area (Å²) in [7, 11) is 1.51. The maximum absolute atomic E-state index is 13.3. The molecule has 0 spiro atoms. The van der Waals surface area contributed by atoms with Crippen LogP contribution in [0, 0.1) is 0 Å². The highest BCUT2D eigenvalue weighted by Gasteiger charge is 2.36. The first kappa shape index (κ1) is 16.8. The molecule has 12 heteroatoms. The number of pyridine rings is 1. The highest BCUT2D eigenvalue weighted by Crippen LogP contribution is 2.32. The Morgan fingerprint density at radius 3 is 2.48 bits per heavy atom. The molecule has 3 aromatic heterocycles. The molecule has 0 radical (unpaired) electrons. The van der Waals surface area contributed by atoms with Crippen molar-refractivity contribution >= 4 is 17.5 Å². The number of aromatic nitrogens is 7. The summed E-state index contributed by atoms with van der Waals surface area (Å²) in [5.41, 5.74) is -1.21. The number of nitrogens with one attached hydrogen (secondary N) is 1. The molecule has 1 amide bonds. The standard InChI is InChI=1S/C13H13F3N8O/c1-6(2)9-18-19-10-7(4-5-8(24(9)10)13(14,15)16)11(25)17-12-20-21-22-23(12)3/h4-6H,1-3H3,(H,17,20,22,25). The van der Waals surface area contributed by atoms with Crippen molar-refractivity contribution in [2.24, 2.45) is 7.05 Å². The van der Waals surface area contributed by atoms with Crippen LogP contribution in [0.25, 0.3) is 5.65 Å². The van der Waals surface area contributed by atoms with Crippen molar-refractivity contribution in [3.05, 3.63) is 29.2 Å². The molecule has 0 aromatic carbocycles. The zero-order chi connectivity index (χ0) is 18.4. The number of hydrogen-bond acceptors (Lipinski definition) is 6. The molecule has 0 saturated carbocycles. The fraction of sp³-hybridized carbons (Fsp3) is 0.385. The Hall–Kier alpha value is -3.05. The third-order valence-electron chi connectivity index (χ3n) is 3.47. The molecular weight excluding hydrogens is 341 g/mol. The van der Waals surface area contributed by atoms with E-state index in [0.29, 0.717) is 0 Å². The van der Waals surface area contributed by atoms with Crippen LogP contribution in [-0.4, -0.2) is 40.7 Å². The summed E-state index contributed by atoms with van der Waals surface area (Å²) in [5, 5.41) is 20.5. The van der Waals surface area contributed by atoms with E-state index >= 15 is 0 Å². The van der Waals surface area contributed by atoms with E-state index in [9.17, 15) is 18.0 Å². The molecule has 0 fully saturated rings. The molecule has 3 rings (SSSR count). The van der Waals surface area contributed by atoms with Crippen LogP contribution in [0.5, 0.6) is 0 Å². The maximum Gasteiger partial charge on any atom is 0.431 e. The molecule has 1 N–H and O–H groups in total. The quantitative estimate of drug-likeness (QED) is 0.767. The van der Waals surface area contributed by atoms with Gasteiger partial charge in [0.15, 0.2) is 5.65 Å². The number of anilines is 1. The molecule has 3 aromatic rings.